The summed E-state index contributed by atoms with van der Waals surface area (Å²) in [5, 5.41) is 0. The lowest BCUT2D eigenvalue weighted by Gasteiger charge is -2.43. The molecule has 5 nitrogen and oxygen atoms in total. The number of hydrogen-bond acceptors (Lipinski definition) is 4. The van der Waals surface area contributed by atoms with Crippen LogP contribution in [-0.2, 0) is 10.0 Å². The van der Waals surface area contributed by atoms with Crippen LogP contribution in [0.5, 0.6) is 0 Å². The van der Waals surface area contributed by atoms with Crippen LogP contribution in [0.15, 0.2) is 30.3 Å². The average Bonchev–Trinajstić information content (AvgIpc) is 2.98. The number of rotatable bonds is 3. The molecule has 0 atom stereocenters. The van der Waals surface area contributed by atoms with Crippen LogP contribution in [0, 0.1) is 0 Å². The third-order valence-electron chi connectivity index (χ3n) is 4.71. The van der Waals surface area contributed by atoms with Crippen molar-refractivity contribution in [1.82, 2.24) is 9.21 Å². The van der Waals surface area contributed by atoms with Crippen LogP contribution >= 0.6 is 11.8 Å². The summed E-state index contributed by atoms with van der Waals surface area (Å²) in [6, 6.07) is 9.34. The average molecular weight is 354 g/mol. The lowest BCUT2D eigenvalue weighted by Crippen LogP contribution is -2.53. The molecule has 0 aliphatic carbocycles. The van der Waals surface area contributed by atoms with Crippen molar-refractivity contribution in [2.24, 2.45) is 0 Å². The molecule has 0 radical (unpaired) electrons. The van der Waals surface area contributed by atoms with Gasteiger partial charge in [-0.3, -0.25) is 4.79 Å². The Balaban J connectivity index is 1.76. The Labute approximate surface area is 142 Å². The Morgan fingerprint density at radius 1 is 1.17 bits per heavy atom. The summed E-state index contributed by atoms with van der Waals surface area (Å²) in [5.41, 5.74) is 0.706. The van der Waals surface area contributed by atoms with Crippen LogP contribution in [0.3, 0.4) is 0 Å². The monoisotopic (exact) mass is 354 g/mol. The van der Waals surface area contributed by atoms with Crippen LogP contribution in [0.25, 0.3) is 0 Å². The summed E-state index contributed by atoms with van der Waals surface area (Å²) in [6.45, 7) is 3.41. The molecule has 2 heterocycles. The zero-order valence-electron chi connectivity index (χ0n) is 13.3. The fourth-order valence-corrected chi connectivity index (χ4v) is 5.90. The van der Waals surface area contributed by atoms with Gasteiger partial charge in [0.1, 0.15) is 0 Å². The van der Waals surface area contributed by atoms with Gasteiger partial charge in [-0.15, -0.1) is 11.8 Å². The molecule has 1 aromatic rings. The molecule has 1 aromatic carbocycles. The lowest BCUT2D eigenvalue weighted by molar-refractivity contribution is 0.0605. The molecule has 2 aliphatic heterocycles. The zero-order valence-corrected chi connectivity index (χ0v) is 14.9. The topological polar surface area (TPSA) is 57.7 Å². The van der Waals surface area contributed by atoms with E-state index in [-0.39, 0.29) is 16.5 Å². The molecule has 0 aromatic heterocycles. The van der Waals surface area contributed by atoms with Gasteiger partial charge >= 0.3 is 0 Å². The van der Waals surface area contributed by atoms with E-state index in [4.69, 9.17) is 0 Å². The minimum Gasteiger partial charge on any atom is -0.323 e. The fraction of sp³-hybridized carbons (Fsp3) is 0.562. The first-order valence-electron chi connectivity index (χ1n) is 7.97. The second kappa shape index (κ2) is 6.45. The highest BCUT2D eigenvalue weighted by Crippen LogP contribution is 2.44. The maximum absolute atomic E-state index is 12.8. The van der Waals surface area contributed by atoms with E-state index >= 15 is 0 Å². The Kier molecular flexibility index (Phi) is 4.71. The molecular formula is C16H22N2O3S2. The zero-order chi connectivity index (χ0) is 16.5. The van der Waals surface area contributed by atoms with Crippen LogP contribution in [-0.4, -0.2) is 59.5 Å². The maximum Gasteiger partial charge on any atom is 0.254 e. The van der Waals surface area contributed by atoms with E-state index in [1.54, 1.807) is 23.0 Å². The van der Waals surface area contributed by atoms with Gasteiger partial charge in [0.15, 0.2) is 0 Å². The lowest BCUT2D eigenvalue weighted by atomic mass is 10.0. The van der Waals surface area contributed by atoms with Crippen LogP contribution in [0.2, 0.25) is 0 Å². The van der Waals surface area contributed by atoms with Crippen molar-refractivity contribution in [1.29, 1.82) is 0 Å². The maximum atomic E-state index is 12.8. The Bertz CT molecular complexity index is 668. The molecule has 126 valence electrons. The minimum atomic E-state index is -3.14. The number of nitrogens with zero attached hydrogens (tertiary/aromatic N) is 2. The molecule has 3 rings (SSSR count). The highest BCUT2D eigenvalue weighted by molar-refractivity contribution is 8.00. The number of carbonyl (C=O) groups excluding carboxylic acids is 1. The van der Waals surface area contributed by atoms with E-state index in [1.165, 1.54) is 0 Å². The highest BCUT2D eigenvalue weighted by Gasteiger charge is 2.47. The van der Waals surface area contributed by atoms with Gasteiger partial charge in [-0.05, 0) is 31.9 Å². The van der Waals surface area contributed by atoms with E-state index in [2.05, 4.69) is 0 Å². The van der Waals surface area contributed by atoms with Gasteiger partial charge in [-0.25, -0.2) is 12.7 Å². The molecular weight excluding hydrogens is 332 g/mol. The largest absolute Gasteiger partial charge is 0.323 e. The Morgan fingerprint density at radius 2 is 1.83 bits per heavy atom. The van der Waals surface area contributed by atoms with Crippen molar-refractivity contribution in [3.05, 3.63) is 35.9 Å². The third-order valence-corrected chi connectivity index (χ3v) is 8.14. The normalized spacial score (nSPS) is 21.7. The van der Waals surface area contributed by atoms with Crippen molar-refractivity contribution in [3.63, 3.8) is 0 Å². The van der Waals surface area contributed by atoms with Crippen LogP contribution < -0.4 is 0 Å². The van der Waals surface area contributed by atoms with E-state index in [0.29, 0.717) is 31.5 Å². The second-order valence-electron chi connectivity index (χ2n) is 5.92. The Hall–Kier alpha value is -1.05. The standard InChI is InChI=1S/C16H22N2O3S2/c1-2-23(20,21)17-10-8-16(9-11-17)18(12-13-22-16)15(19)14-6-4-3-5-7-14/h3-7H,2,8-13H2,1H3. The van der Waals surface area contributed by atoms with Gasteiger partial charge in [0.2, 0.25) is 10.0 Å². The SMILES string of the molecule is CCS(=O)(=O)N1CCC2(CC1)SCCN2C(=O)c1ccccc1. The van der Waals surface area contributed by atoms with Crippen LogP contribution in [0.4, 0.5) is 0 Å². The molecule has 0 saturated carbocycles. The number of hydrogen-bond donors (Lipinski definition) is 0. The van der Waals surface area contributed by atoms with Gasteiger partial charge in [0, 0.05) is 31.0 Å². The summed E-state index contributed by atoms with van der Waals surface area (Å²) in [4.78, 5) is 14.6. The van der Waals surface area contributed by atoms with Gasteiger partial charge in [-0.1, -0.05) is 18.2 Å². The molecule has 0 unspecified atom stereocenters. The number of carbonyl (C=O) groups is 1. The summed E-state index contributed by atoms with van der Waals surface area (Å²) in [5.74, 6) is 1.11. The number of sulfonamides is 1. The molecule has 2 fully saturated rings. The molecule has 2 saturated heterocycles. The molecule has 1 spiro atoms. The van der Waals surface area contributed by atoms with Crippen molar-refractivity contribution >= 4 is 27.7 Å². The molecule has 1 amide bonds. The summed E-state index contributed by atoms with van der Waals surface area (Å²) >= 11 is 1.80. The fourth-order valence-electron chi connectivity index (χ4n) is 3.34. The van der Waals surface area contributed by atoms with E-state index in [0.717, 1.165) is 12.3 Å². The quantitative estimate of drug-likeness (QED) is 0.833. The first kappa shape index (κ1) is 16.8. The van der Waals surface area contributed by atoms with E-state index < -0.39 is 10.0 Å². The Morgan fingerprint density at radius 3 is 2.43 bits per heavy atom. The van der Waals surface area contributed by atoms with E-state index in [1.807, 2.05) is 35.2 Å². The smallest absolute Gasteiger partial charge is 0.254 e. The van der Waals surface area contributed by atoms with Crippen molar-refractivity contribution in [2.45, 2.75) is 24.6 Å². The van der Waals surface area contributed by atoms with Gasteiger partial charge in [-0.2, -0.15) is 0 Å². The summed E-state index contributed by atoms with van der Waals surface area (Å²) in [6.07, 6.45) is 1.41. The second-order valence-corrected chi connectivity index (χ2v) is 9.63. The first-order valence-corrected chi connectivity index (χ1v) is 10.6. The van der Waals surface area contributed by atoms with Gasteiger partial charge in [0.25, 0.3) is 5.91 Å². The van der Waals surface area contributed by atoms with Crippen molar-refractivity contribution in [3.8, 4) is 0 Å². The molecule has 0 bridgehead atoms. The number of benzene rings is 1. The number of piperidine rings is 1. The first-order chi connectivity index (χ1) is 11.0. The molecule has 0 N–H and O–H groups in total. The van der Waals surface area contributed by atoms with Crippen molar-refractivity contribution in [2.75, 3.05) is 31.1 Å². The predicted molar refractivity (Wildman–Crippen MR) is 92.9 cm³/mol. The number of amides is 1. The number of thioether (sulfide) groups is 1. The molecule has 2 aliphatic rings. The van der Waals surface area contributed by atoms with Crippen LogP contribution in [0.1, 0.15) is 30.1 Å². The predicted octanol–water partition coefficient (Wildman–Crippen LogP) is 2.02. The minimum absolute atomic E-state index is 0.0578. The summed E-state index contributed by atoms with van der Waals surface area (Å²) in [7, 11) is -3.14. The molecule has 23 heavy (non-hydrogen) atoms. The highest BCUT2D eigenvalue weighted by atomic mass is 32.2. The summed E-state index contributed by atoms with van der Waals surface area (Å²) < 4.78 is 25.6. The van der Waals surface area contributed by atoms with E-state index in [9.17, 15) is 13.2 Å². The van der Waals surface area contributed by atoms with Crippen molar-refractivity contribution < 1.29 is 13.2 Å². The molecule has 7 heteroatoms. The van der Waals surface area contributed by atoms with Gasteiger partial charge < -0.3 is 4.90 Å². The van der Waals surface area contributed by atoms with Gasteiger partial charge in [0.05, 0.1) is 10.6 Å². The third kappa shape index (κ3) is 3.14.